The third kappa shape index (κ3) is 2.42. The number of aromatic nitrogens is 1. The lowest BCUT2D eigenvalue weighted by Gasteiger charge is -2.23. The van der Waals surface area contributed by atoms with Crippen molar-refractivity contribution in [1.29, 1.82) is 0 Å². The number of hydrogen-bond donors (Lipinski definition) is 1. The van der Waals surface area contributed by atoms with E-state index in [0.717, 1.165) is 9.75 Å². The third-order valence-corrected chi connectivity index (χ3v) is 5.21. The van der Waals surface area contributed by atoms with Crippen molar-refractivity contribution in [2.24, 2.45) is 0 Å². The van der Waals surface area contributed by atoms with Gasteiger partial charge < -0.3 is 5.32 Å². The van der Waals surface area contributed by atoms with Crippen LogP contribution in [0.15, 0.2) is 48.8 Å². The average molecular weight is 349 g/mol. The zero-order valence-electron chi connectivity index (χ0n) is 13.7. The van der Waals surface area contributed by atoms with Gasteiger partial charge in [0.25, 0.3) is 11.8 Å². The van der Waals surface area contributed by atoms with E-state index in [1.807, 2.05) is 32.0 Å². The van der Waals surface area contributed by atoms with Crippen LogP contribution in [0.5, 0.6) is 0 Å². The SMILES string of the molecule is Cc1sc(C)c2c1C(=O)Nc1ccccc1N2C(=O)c1ccncc1. The van der Waals surface area contributed by atoms with Crippen molar-refractivity contribution >= 4 is 40.2 Å². The van der Waals surface area contributed by atoms with Gasteiger partial charge in [-0.1, -0.05) is 12.1 Å². The van der Waals surface area contributed by atoms with Crippen LogP contribution in [0.3, 0.4) is 0 Å². The van der Waals surface area contributed by atoms with E-state index in [1.165, 1.54) is 11.3 Å². The zero-order valence-corrected chi connectivity index (χ0v) is 14.6. The fourth-order valence-corrected chi connectivity index (χ4v) is 4.16. The predicted molar refractivity (Wildman–Crippen MR) is 98.9 cm³/mol. The number of fused-ring (bicyclic) bond motifs is 2. The molecule has 0 unspecified atom stereocenters. The minimum absolute atomic E-state index is 0.186. The Labute approximate surface area is 148 Å². The lowest BCUT2D eigenvalue weighted by atomic mass is 10.1. The fourth-order valence-electron chi connectivity index (χ4n) is 3.12. The van der Waals surface area contributed by atoms with Crippen LogP contribution in [-0.2, 0) is 0 Å². The smallest absolute Gasteiger partial charge is 0.263 e. The Bertz CT molecular complexity index is 995. The van der Waals surface area contributed by atoms with E-state index in [0.29, 0.717) is 28.2 Å². The molecule has 1 aliphatic heterocycles. The Hall–Kier alpha value is -2.99. The maximum absolute atomic E-state index is 13.3. The van der Waals surface area contributed by atoms with Gasteiger partial charge in [-0.05, 0) is 38.1 Å². The van der Waals surface area contributed by atoms with Gasteiger partial charge >= 0.3 is 0 Å². The molecule has 0 radical (unpaired) electrons. The first-order valence-corrected chi connectivity index (χ1v) is 8.64. The highest BCUT2D eigenvalue weighted by Crippen LogP contribution is 2.44. The van der Waals surface area contributed by atoms with Crippen molar-refractivity contribution in [2.75, 3.05) is 10.2 Å². The summed E-state index contributed by atoms with van der Waals surface area (Å²) in [6.45, 7) is 3.84. The number of anilines is 3. The number of nitrogens with zero attached hydrogens (tertiary/aromatic N) is 2. The molecule has 6 heteroatoms. The normalized spacial score (nSPS) is 12.9. The lowest BCUT2D eigenvalue weighted by Crippen LogP contribution is -2.26. The number of rotatable bonds is 1. The number of carbonyl (C=O) groups is 2. The number of thiophene rings is 1. The van der Waals surface area contributed by atoms with Crippen molar-refractivity contribution in [3.05, 3.63) is 69.7 Å². The molecule has 1 N–H and O–H groups in total. The Kier molecular flexibility index (Phi) is 3.62. The van der Waals surface area contributed by atoms with Gasteiger partial charge in [0, 0.05) is 27.7 Å². The molecule has 2 aromatic heterocycles. The maximum atomic E-state index is 13.3. The number of nitrogens with one attached hydrogen (secondary N) is 1. The van der Waals surface area contributed by atoms with E-state index in [-0.39, 0.29) is 11.8 Å². The number of hydrogen-bond acceptors (Lipinski definition) is 4. The van der Waals surface area contributed by atoms with Gasteiger partial charge in [-0.3, -0.25) is 19.5 Å². The van der Waals surface area contributed by atoms with E-state index in [9.17, 15) is 9.59 Å². The summed E-state index contributed by atoms with van der Waals surface area (Å²) >= 11 is 1.52. The second kappa shape index (κ2) is 5.82. The van der Waals surface area contributed by atoms with Crippen LogP contribution >= 0.6 is 11.3 Å². The summed E-state index contributed by atoms with van der Waals surface area (Å²) in [4.78, 5) is 33.5. The first kappa shape index (κ1) is 15.5. The van der Waals surface area contributed by atoms with E-state index >= 15 is 0 Å². The minimum atomic E-state index is -0.187. The highest BCUT2D eigenvalue weighted by Gasteiger charge is 2.33. The standard InChI is InChI=1S/C19H15N3O2S/c1-11-16-17(12(2)25-11)22(19(24)13-7-9-20-10-8-13)15-6-4-3-5-14(15)21-18(16)23/h3-10H,1-2H3,(H,21,23). The van der Waals surface area contributed by atoms with Gasteiger partial charge in [-0.15, -0.1) is 11.3 Å². The Morgan fingerprint density at radius 3 is 2.56 bits per heavy atom. The molecule has 1 aliphatic rings. The number of pyridine rings is 1. The summed E-state index contributed by atoms with van der Waals surface area (Å²) in [6.07, 6.45) is 3.18. The number of amides is 2. The molecule has 0 bridgehead atoms. The number of benzene rings is 1. The second-order valence-electron chi connectivity index (χ2n) is 5.79. The lowest BCUT2D eigenvalue weighted by molar-refractivity contribution is 0.0999. The molecule has 0 atom stereocenters. The monoisotopic (exact) mass is 349 g/mol. The molecular formula is C19H15N3O2S. The van der Waals surface area contributed by atoms with Crippen molar-refractivity contribution in [3.63, 3.8) is 0 Å². The Morgan fingerprint density at radius 2 is 1.80 bits per heavy atom. The summed E-state index contributed by atoms with van der Waals surface area (Å²) in [5.41, 5.74) is 3.02. The van der Waals surface area contributed by atoms with Crippen LogP contribution in [0, 0.1) is 13.8 Å². The molecule has 4 rings (SSSR count). The summed E-state index contributed by atoms with van der Waals surface area (Å²) < 4.78 is 0. The van der Waals surface area contributed by atoms with Gasteiger partial charge in [-0.25, -0.2) is 0 Å². The van der Waals surface area contributed by atoms with Gasteiger partial charge in [-0.2, -0.15) is 0 Å². The zero-order chi connectivity index (χ0) is 17.6. The highest BCUT2D eigenvalue weighted by atomic mass is 32.1. The molecule has 0 saturated carbocycles. The summed E-state index contributed by atoms with van der Waals surface area (Å²) in [5, 5.41) is 2.93. The average Bonchev–Trinajstić information content (AvgIpc) is 2.83. The van der Waals surface area contributed by atoms with Crippen molar-refractivity contribution in [2.45, 2.75) is 13.8 Å². The van der Waals surface area contributed by atoms with Crippen LogP contribution in [-0.4, -0.2) is 16.8 Å². The first-order valence-electron chi connectivity index (χ1n) is 7.83. The molecule has 3 heterocycles. The van der Waals surface area contributed by atoms with Gasteiger partial charge in [0.05, 0.1) is 22.6 Å². The highest BCUT2D eigenvalue weighted by molar-refractivity contribution is 7.13. The van der Waals surface area contributed by atoms with Crippen molar-refractivity contribution in [3.8, 4) is 0 Å². The summed E-state index contributed by atoms with van der Waals surface area (Å²) in [5.74, 6) is -0.372. The topological polar surface area (TPSA) is 62.3 Å². The van der Waals surface area contributed by atoms with Gasteiger partial charge in [0.2, 0.25) is 0 Å². The van der Waals surface area contributed by atoms with Gasteiger partial charge in [0.15, 0.2) is 0 Å². The van der Waals surface area contributed by atoms with E-state index in [4.69, 9.17) is 0 Å². The predicted octanol–water partition coefficient (Wildman–Crippen LogP) is 4.30. The quantitative estimate of drug-likeness (QED) is 0.712. The third-order valence-electron chi connectivity index (χ3n) is 4.20. The molecule has 0 spiro atoms. The Morgan fingerprint density at radius 1 is 1.08 bits per heavy atom. The first-order chi connectivity index (χ1) is 12.1. The molecule has 0 fully saturated rings. The summed E-state index contributed by atoms with van der Waals surface area (Å²) in [6, 6.07) is 10.7. The molecule has 124 valence electrons. The maximum Gasteiger partial charge on any atom is 0.263 e. The van der Waals surface area contributed by atoms with Crippen LogP contribution in [0.25, 0.3) is 0 Å². The molecule has 2 amide bonds. The van der Waals surface area contributed by atoms with Crippen molar-refractivity contribution in [1.82, 2.24) is 4.98 Å². The van der Waals surface area contributed by atoms with Crippen LogP contribution < -0.4 is 10.2 Å². The fraction of sp³-hybridized carbons (Fsp3) is 0.105. The van der Waals surface area contributed by atoms with Crippen LogP contribution in [0.4, 0.5) is 17.1 Å². The van der Waals surface area contributed by atoms with Crippen LogP contribution in [0.2, 0.25) is 0 Å². The molecule has 1 aromatic carbocycles. The number of para-hydroxylation sites is 2. The number of aryl methyl sites for hydroxylation is 2. The van der Waals surface area contributed by atoms with E-state index in [2.05, 4.69) is 10.3 Å². The molecule has 0 aliphatic carbocycles. The molecule has 0 saturated heterocycles. The minimum Gasteiger partial charge on any atom is -0.320 e. The van der Waals surface area contributed by atoms with Crippen LogP contribution in [0.1, 0.15) is 30.5 Å². The largest absolute Gasteiger partial charge is 0.320 e. The number of carbonyl (C=O) groups excluding carboxylic acids is 2. The molecule has 5 nitrogen and oxygen atoms in total. The van der Waals surface area contributed by atoms with E-state index < -0.39 is 0 Å². The summed E-state index contributed by atoms with van der Waals surface area (Å²) in [7, 11) is 0. The van der Waals surface area contributed by atoms with E-state index in [1.54, 1.807) is 35.5 Å². The Balaban J connectivity index is 2.01. The molecule has 25 heavy (non-hydrogen) atoms. The molecular weight excluding hydrogens is 334 g/mol. The van der Waals surface area contributed by atoms with Crippen molar-refractivity contribution < 1.29 is 9.59 Å². The van der Waals surface area contributed by atoms with Gasteiger partial charge in [0.1, 0.15) is 0 Å². The second-order valence-corrected chi connectivity index (χ2v) is 7.21. The molecule has 3 aromatic rings.